The van der Waals surface area contributed by atoms with Crippen molar-refractivity contribution in [3.8, 4) is 0 Å². The summed E-state index contributed by atoms with van der Waals surface area (Å²) in [6.45, 7) is 1.14. The Hall–Kier alpha value is -0.830. The first-order valence-electron chi connectivity index (χ1n) is 4.59. The summed E-state index contributed by atoms with van der Waals surface area (Å²) in [7, 11) is 1.96. The Morgan fingerprint density at radius 2 is 2.50 bits per heavy atom. The molecule has 2 heterocycles. The summed E-state index contributed by atoms with van der Waals surface area (Å²) in [6, 6.07) is 2.60. The molecule has 1 aliphatic heterocycles. The summed E-state index contributed by atoms with van der Waals surface area (Å²) in [6.07, 6.45) is 5.88. The van der Waals surface area contributed by atoms with E-state index in [0.717, 1.165) is 6.54 Å². The molecule has 2 rings (SSSR count). The molecule has 1 aromatic rings. The van der Waals surface area contributed by atoms with Gasteiger partial charge in [0.05, 0.1) is 11.7 Å². The number of piperidine rings is 1. The van der Waals surface area contributed by atoms with E-state index in [1.165, 1.54) is 25.0 Å². The van der Waals surface area contributed by atoms with Crippen LogP contribution in [0.25, 0.3) is 0 Å². The lowest BCUT2D eigenvalue weighted by molar-refractivity contribution is 0.402. The molecule has 3 nitrogen and oxygen atoms in total. The number of rotatable bonds is 1. The molecule has 0 bridgehead atoms. The highest BCUT2D eigenvalue weighted by molar-refractivity contribution is 5.05. The van der Waals surface area contributed by atoms with E-state index in [1.807, 2.05) is 17.9 Å². The molecule has 0 unspecified atom stereocenters. The SMILES string of the molecule is Cn1ccc([C@@H]2CCCCN2)n1. The zero-order chi connectivity index (χ0) is 8.39. The van der Waals surface area contributed by atoms with Gasteiger partial charge in [0.1, 0.15) is 0 Å². The predicted molar refractivity (Wildman–Crippen MR) is 47.8 cm³/mol. The summed E-state index contributed by atoms with van der Waals surface area (Å²) < 4.78 is 1.87. The van der Waals surface area contributed by atoms with Gasteiger partial charge in [0.25, 0.3) is 0 Å². The average molecular weight is 165 g/mol. The molecule has 1 aliphatic rings. The van der Waals surface area contributed by atoms with E-state index in [9.17, 15) is 0 Å². The van der Waals surface area contributed by atoms with Crippen LogP contribution in [0.3, 0.4) is 0 Å². The van der Waals surface area contributed by atoms with Crippen LogP contribution < -0.4 is 5.32 Å². The molecule has 0 aromatic carbocycles. The van der Waals surface area contributed by atoms with Gasteiger partial charge in [-0.2, -0.15) is 5.10 Å². The maximum atomic E-state index is 4.39. The highest BCUT2D eigenvalue weighted by Crippen LogP contribution is 2.20. The third-order valence-corrected chi connectivity index (χ3v) is 2.40. The third-order valence-electron chi connectivity index (χ3n) is 2.40. The molecule has 3 heteroatoms. The van der Waals surface area contributed by atoms with Crippen molar-refractivity contribution in [2.24, 2.45) is 7.05 Å². The van der Waals surface area contributed by atoms with Gasteiger partial charge < -0.3 is 5.32 Å². The van der Waals surface area contributed by atoms with E-state index < -0.39 is 0 Å². The van der Waals surface area contributed by atoms with Crippen LogP contribution in [-0.2, 0) is 7.05 Å². The van der Waals surface area contributed by atoms with Crippen molar-refractivity contribution in [3.05, 3.63) is 18.0 Å². The van der Waals surface area contributed by atoms with Crippen LogP contribution in [0.5, 0.6) is 0 Å². The molecular formula is C9H15N3. The van der Waals surface area contributed by atoms with Crippen molar-refractivity contribution >= 4 is 0 Å². The Balaban J connectivity index is 2.08. The first-order valence-corrected chi connectivity index (χ1v) is 4.59. The lowest BCUT2D eigenvalue weighted by Gasteiger charge is -2.21. The number of hydrogen-bond acceptors (Lipinski definition) is 2. The van der Waals surface area contributed by atoms with Gasteiger partial charge in [-0.25, -0.2) is 0 Å². The summed E-state index contributed by atoms with van der Waals surface area (Å²) in [5.41, 5.74) is 1.19. The second-order valence-electron chi connectivity index (χ2n) is 3.42. The molecule has 1 aromatic heterocycles. The van der Waals surface area contributed by atoms with Crippen molar-refractivity contribution in [2.45, 2.75) is 25.3 Å². The standard InChI is InChI=1S/C9H15N3/c1-12-7-5-9(11-12)8-4-2-3-6-10-8/h5,7-8,10H,2-4,6H2,1H3/t8-/m0/s1. The minimum atomic E-state index is 0.500. The van der Waals surface area contributed by atoms with E-state index in [0.29, 0.717) is 6.04 Å². The highest BCUT2D eigenvalue weighted by atomic mass is 15.3. The van der Waals surface area contributed by atoms with Gasteiger partial charge in [-0.15, -0.1) is 0 Å². The molecule has 1 atom stereocenters. The number of aryl methyl sites for hydroxylation is 1. The van der Waals surface area contributed by atoms with Crippen LogP contribution >= 0.6 is 0 Å². The van der Waals surface area contributed by atoms with Crippen molar-refractivity contribution in [3.63, 3.8) is 0 Å². The van der Waals surface area contributed by atoms with Crippen LogP contribution in [0.4, 0.5) is 0 Å². The Morgan fingerprint density at radius 1 is 1.58 bits per heavy atom. The molecule has 66 valence electrons. The van der Waals surface area contributed by atoms with Crippen molar-refractivity contribution in [1.82, 2.24) is 15.1 Å². The number of nitrogens with one attached hydrogen (secondary N) is 1. The average Bonchev–Trinajstić information content (AvgIpc) is 2.54. The molecule has 0 spiro atoms. The maximum Gasteiger partial charge on any atom is 0.0793 e. The molecule has 1 fully saturated rings. The largest absolute Gasteiger partial charge is 0.309 e. The lowest BCUT2D eigenvalue weighted by atomic mass is 10.0. The molecule has 0 aliphatic carbocycles. The first kappa shape index (κ1) is 7.80. The Kier molecular flexibility index (Phi) is 2.13. The van der Waals surface area contributed by atoms with Crippen LogP contribution in [0.15, 0.2) is 12.3 Å². The monoisotopic (exact) mass is 165 g/mol. The smallest absolute Gasteiger partial charge is 0.0793 e. The van der Waals surface area contributed by atoms with E-state index in [2.05, 4.69) is 16.5 Å². The quantitative estimate of drug-likeness (QED) is 0.678. The summed E-state index contributed by atoms with van der Waals surface area (Å²) >= 11 is 0. The minimum Gasteiger partial charge on any atom is -0.309 e. The van der Waals surface area contributed by atoms with Gasteiger partial charge in [0.15, 0.2) is 0 Å². The van der Waals surface area contributed by atoms with Gasteiger partial charge in [-0.05, 0) is 25.5 Å². The fraction of sp³-hybridized carbons (Fsp3) is 0.667. The highest BCUT2D eigenvalue weighted by Gasteiger charge is 2.16. The minimum absolute atomic E-state index is 0.500. The number of hydrogen-bond donors (Lipinski definition) is 1. The Labute approximate surface area is 72.8 Å². The lowest BCUT2D eigenvalue weighted by Crippen LogP contribution is -2.27. The Morgan fingerprint density at radius 3 is 3.08 bits per heavy atom. The van der Waals surface area contributed by atoms with E-state index in [1.54, 1.807) is 0 Å². The molecule has 1 N–H and O–H groups in total. The van der Waals surface area contributed by atoms with Gasteiger partial charge in [0.2, 0.25) is 0 Å². The molecular weight excluding hydrogens is 150 g/mol. The van der Waals surface area contributed by atoms with E-state index in [4.69, 9.17) is 0 Å². The van der Waals surface area contributed by atoms with Crippen LogP contribution in [-0.4, -0.2) is 16.3 Å². The Bertz CT molecular complexity index is 248. The zero-order valence-electron chi connectivity index (χ0n) is 7.45. The predicted octanol–water partition coefficient (Wildman–Crippen LogP) is 1.23. The van der Waals surface area contributed by atoms with Gasteiger partial charge >= 0.3 is 0 Å². The van der Waals surface area contributed by atoms with E-state index >= 15 is 0 Å². The second-order valence-corrected chi connectivity index (χ2v) is 3.42. The number of aromatic nitrogens is 2. The molecule has 0 amide bonds. The first-order chi connectivity index (χ1) is 5.86. The second kappa shape index (κ2) is 3.27. The van der Waals surface area contributed by atoms with Gasteiger partial charge in [-0.3, -0.25) is 4.68 Å². The fourth-order valence-electron chi connectivity index (χ4n) is 1.72. The molecule has 0 radical (unpaired) electrons. The summed E-state index contributed by atoms with van der Waals surface area (Å²) in [5.74, 6) is 0. The normalized spacial score (nSPS) is 24.2. The van der Waals surface area contributed by atoms with Gasteiger partial charge in [0, 0.05) is 13.2 Å². The molecule has 12 heavy (non-hydrogen) atoms. The summed E-state index contributed by atoms with van der Waals surface area (Å²) in [4.78, 5) is 0. The van der Waals surface area contributed by atoms with Crippen molar-refractivity contribution in [1.29, 1.82) is 0 Å². The summed E-state index contributed by atoms with van der Waals surface area (Å²) in [5, 5.41) is 7.86. The van der Waals surface area contributed by atoms with Crippen LogP contribution in [0.2, 0.25) is 0 Å². The fourth-order valence-corrected chi connectivity index (χ4v) is 1.72. The van der Waals surface area contributed by atoms with Crippen molar-refractivity contribution < 1.29 is 0 Å². The number of nitrogens with zero attached hydrogens (tertiary/aromatic N) is 2. The molecule has 0 saturated carbocycles. The maximum absolute atomic E-state index is 4.39. The van der Waals surface area contributed by atoms with Gasteiger partial charge in [-0.1, -0.05) is 6.42 Å². The molecule has 1 saturated heterocycles. The third kappa shape index (κ3) is 1.50. The van der Waals surface area contributed by atoms with E-state index in [-0.39, 0.29) is 0 Å². The topological polar surface area (TPSA) is 29.9 Å². The van der Waals surface area contributed by atoms with Crippen molar-refractivity contribution in [2.75, 3.05) is 6.54 Å². The van der Waals surface area contributed by atoms with Crippen LogP contribution in [0, 0.1) is 0 Å². The zero-order valence-corrected chi connectivity index (χ0v) is 7.45. The van der Waals surface area contributed by atoms with Crippen LogP contribution in [0.1, 0.15) is 31.0 Å².